The van der Waals surface area contributed by atoms with Gasteiger partial charge in [0.15, 0.2) is 5.82 Å². The van der Waals surface area contributed by atoms with Gasteiger partial charge in [0, 0.05) is 26.2 Å². The summed E-state index contributed by atoms with van der Waals surface area (Å²) in [6, 6.07) is 7.35. The first kappa shape index (κ1) is 17.2. The molecule has 0 aliphatic carbocycles. The zero-order valence-electron chi connectivity index (χ0n) is 14.6. The van der Waals surface area contributed by atoms with Gasteiger partial charge in [0.1, 0.15) is 11.4 Å². The summed E-state index contributed by atoms with van der Waals surface area (Å²) in [4.78, 5) is 17.3. The molecule has 0 amide bonds. The normalized spacial score (nSPS) is 15.4. The number of rotatable bonds is 6. The van der Waals surface area contributed by atoms with Crippen molar-refractivity contribution >= 4 is 11.8 Å². The Bertz CT molecular complexity index is 738. The van der Waals surface area contributed by atoms with E-state index < -0.39 is 5.97 Å². The summed E-state index contributed by atoms with van der Waals surface area (Å²) in [5, 5.41) is 18.2. The molecule has 2 heterocycles. The van der Waals surface area contributed by atoms with Gasteiger partial charge in [-0.1, -0.05) is 19.1 Å². The smallest absolute Gasteiger partial charge is 0.360 e. The first-order valence-electron chi connectivity index (χ1n) is 8.54. The van der Waals surface area contributed by atoms with Gasteiger partial charge in [-0.25, -0.2) is 4.79 Å². The van der Waals surface area contributed by atoms with Gasteiger partial charge in [0.25, 0.3) is 0 Å². The number of carboxylic acids is 1. The van der Waals surface area contributed by atoms with Crippen LogP contribution in [0.3, 0.4) is 0 Å². The molecule has 0 bridgehead atoms. The molecule has 0 radical (unpaired) electrons. The van der Waals surface area contributed by atoms with Crippen molar-refractivity contribution in [3.63, 3.8) is 0 Å². The molecule has 0 atom stereocenters. The van der Waals surface area contributed by atoms with Crippen LogP contribution in [0.5, 0.6) is 5.75 Å². The molecule has 134 valence electrons. The van der Waals surface area contributed by atoms with E-state index in [1.54, 1.807) is 0 Å². The predicted octanol–water partition coefficient (Wildman–Crippen LogP) is 1.51. The lowest BCUT2D eigenvalue weighted by molar-refractivity contribution is 0.0690. The van der Waals surface area contributed by atoms with Crippen LogP contribution in [0, 0.1) is 0 Å². The van der Waals surface area contributed by atoms with Crippen molar-refractivity contribution in [1.82, 2.24) is 19.9 Å². The van der Waals surface area contributed by atoms with Crippen LogP contribution in [-0.4, -0.2) is 70.3 Å². The van der Waals surface area contributed by atoms with E-state index in [0.29, 0.717) is 23.9 Å². The van der Waals surface area contributed by atoms with E-state index in [0.717, 1.165) is 32.7 Å². The molecule has 0 saturated carbocycles. The Morgan fingerprint density at radius 3 is 2.52 bits per heavy atom. The van der Waals surface area contributed by atoms with Crippen molar-refractivity contribution in [2.75, 3.05) is 44.2 Å². The van der Waals surface area contributed by atoms with E-state index in [1.807, 2.05) is 36.1 Å². The maximum Gasteiger partial charge on any atom is 0.360 e. The monoisotopic (exact) mass is 345 g/mol. The Hall–Kier alpha value is -2.61. The second kappa shape index (κ2) is 7.52. The molecule has 3 rings (SSSR count). The molecule has 1 aromatic carbocycles. The number of para-hydroxylation sites is 2. The molecule has 0 spiro atoms. The van der Waals surface area contributed by atoms with Gasteiger partial charge in [-0.05, 0) is 25.6 Å². The van der Waals surface area contributed by atoms with Crippen LogP contribution in [0.25, 0.3) is 5.69 Å². The van der Waals surface area contributed by atoms with Crippen LogP contribution in [0.15, 0.2) is 24.3 Å². The average Bonchev–Trinajstić information content (AvgIpc) is 3.08. The second-order valence-corrected chi connectivity index (χ2v) is 5.79. The molecule has 1 aliphatic heterocycles. The average molecular weight is 345 g/mol. The van der Waals surface area contributed by atoms with E-state index in [4.69, 9.17) is 4.74 Å². The standard InChI is InChI=1S/C17H23N5O3/c1-3-20-9-11-21(12-10-20)16-15(17(23)24)18-22(19-16)13-7-5-6-8-14(13)25-4-2/h5-8H,3-4,9-12H2,1-2H3,(H,23,24). The molecule has 1 aliphatic rings. The number of aromatic carboxylic acids is 1. The topological polar surface area (TPSA) is 83.7 Å². The first-order chi connectivity index (χ1) is 12.1. The SMILES string of the molecule is CCOc1ccccc1-n1nc(C(=O)O)c(N2CCN(CC)CC2)n1. The van der Waals surface area contributed by atoms with Crippen LogP contribution < -0.4 is 9.64 Å². The molecule has 25 heavy (non-hydrogen) atoms. The number of ether oxygens (including phenoxy) is 1. The Morgan fingerprint density at radius 1 is 1.16 bits per heavy atom. The Labute approximate surface area is 146 Å². The summed E-state index contributed by atoms with van der Waals surface area (Å²) in [5.74, 6) is -0.0399. The number of hydrogen-bond acceptors (Lipinski definition) is 6. The molecular formula is C17H23N5O3. The minimum absolute atomic E-state index is 0.0312. The molecule has 2 aromatic rings. The van der Waals surface area contributed by atoms with Crippen LogP contribution in [0.2, 0.25) is 0 Å². The molecule has 8 nitrogen and oxygen atoms in total. The van der Waals surface area contributed by atoms with Crippen molar-refractivity contribution in [3.05, 3.63) is 30.0 Å². The number of anilines is 1. The third-order valence-electron chi connectivity index (χ3n) is 4.30. The largest absolute Gasteiger partial charge is 0.492 e. The molecule has 1 aromatic heterocycles. The Balaban J connectivity index is 1.95. The number of likely N-dealkylation sites (N-methyl/N-ethyl adjacent to an activating group) is 1. The van der Waals surface area contributed by atoms with Crippen molar-refractivity contribution in [2.24, 2.45) is 0 Å². The van der Waals surface area contributed by atoms with E-state index in [1.165, 1.54) is 4.80 Å². The third kappa shape index (κ3) is 3.58. The van der Waals surface area contributed by atoms with Gasteiger partial charge in [-0.15, -0.1) is 15.0 Å². The van der Waals surface area contributed by atoms with Gasteiger partial charge < -0.3 is 19.6 Å². The lowest BCUT2D eigenvalue weighted by Crippen LogP contribution is -2.46. The van der Waals surface area contributed by atoms with Crippen LogP contribution in [0.4, 0.5) is 5.82 Å². The molecule has 1 fully saturated rings. The minimum atomic E-state index is -1.08. The zero-order valence-corrected chi connectivity index (χ0v) is 14.6. The highest BCUT2D eigenvalue weighted by Gasteiger charge is 2.26. The van der Waals surface area contributed by atoms with Crippen molar-refractivity contribution in [1.29, 1.82) is 0 Å². The fourth-order valence-corrected chi connectivity index (χ4v) is 2.93. The van der Waals surface area contributed by atoms with Gasteiger partial charge in [0.2, 0.25) is 5.69 Å². The second-order valence-electron chi connectivity index (χ2n) is 5.79. The van der Waals surface area contributed by atoms with Crippen LogP contribution in [0.1, 0.15) is 24.3 Å². The van der Waals surface area contributed by atoms with E-state index in [9.17, 15) is 9.90 Å². The third-order valence-corrected chi connectivity index (χ3v) is 4.30. The van der Waals surface area contributed by atoms with Gasteiger partial charge in [0.05, 0.1) is 6.61 Å². The highest BCUT2D eigenvalue weighted by Crippen LogP contribution is 2.25. The molecule has 1 saturated heterocycles. The highest BCUT2D eigenvalue weighted by atomic mass is 16.5. The fourth-order valence-electron chi connectivity index (χ4n) is 2.93. The molecule has 8 heteroatoms. The van der Waals surface area contributed by atoms with E-state index in [-0.39, 0.29) is 5.69 Å². The minimum Gasteiger partial charge on any atom is -0.492 e. The number of piperazine rings is 1. The summed E-state index contributed by atoms with van der Waals surface area (Å²) in [6.07, 6.45) is 0. The maximum atomic E-state index is 11.7. The summed E-state index contributed by atoms with van der Waals surface area (Å²) < 4.78 is 5.61. The lowest BCUT2D eigenvalue weighted by Gasteiger charge is -2.34. The van der Waals surface area contributed by atoms with Crippen molar-refractivity contribution in [2.45, 2.75) is 13.8 Å². The van der Waals surface area contributed by atoms with Gasteiger partial charge in [-0.3, -0.25) is 0 Å². The van der Waals surface area contributed by atoms with Gasteiger partial charge in [-0.2, -0.15) is 0 Å². The summed E-state index contributed by atoms with van der Waals surface area (Å²) in [7, 11) is 0. The van der Waals surface area contributed by atoms with Crippen molar-refractivity contribution in [3.8, 4) is 11.4 Å². The highest BCUT2D eigenvalue weighted by molar-refractivity contribution is 5.91. The van der Waals surface area contributed by atoms with E-state index >= 15 is 0 Å². The van der Waals surface area contributed by atoms with Gasteiger partial charge >= 0.3 is 5.97 Å². The number of carboxylic acid groups (broad SMARTS) is 1. The Morgan fingerprint density at radius 2 is 1.88 bits per heavy atom. The lowest BCUT2D eigenvalue weighted by atomic mass is 10.3. The van der Waals surface area contributed by atoms with E-state index in [2.05, 4.69) is 22.0 Å². The summed E-state index contributed by atoms with van der Waals surface area (Å²) >= 11 is 0. The number of benzene rings is 1. The number of nitrogens with zero attached hydrogens (tertiary/aromatic N) is 5. The Kier molecular flexibility index (Phi) is 5.18. The quantitative estimate of drug-likeness (QED) is 0.849. The number of aromatic nitrogens is 3. The summed E-state index contributed by atoms with van der Waals surface area (Å²) in [5.41, 5.74) is 0.599. The maximum absolute atomic E-state index is 11.7. The summed E-state index contributed by atoms with van der Waals surface area (Å²) in [6.45, 7) is 8.77. The molecule has 1 N–H and O–H groups in total. The molecular weight excluding hydrogens is 322 g/mol. The van der Waals surface area contributed by atoms with Crippen LogP contribution in [-0.2, 0) is 0 Å². The predicted molar refractivity (Wildman–Crippen MR) is 93.8 cm³/mol. The zero-order chi connectivity index (χ0) is 17.8. The number of carbonyl (C=O) groups is 1. The van der Waals surface area contributed by atoms with Crippen molar-refractivity contribution < 1.29 is 14.6 Å². The molecule has 0 unspecified atom stereocenters. The first-order valence-corrected chi connectivity index (χ1v) is 8.54. The van der Waals surface area contributed by atoms with Crippen LogP contribution >= 0.6 is 0 Å². The number of hydrogen-bond donors (Lipinski definition) is 1. The fraction of sp³-hybridized carbons (Fsp3) is 0.471.